The highest BCUT2D eigenvalue weighted by Crippen LogP contribution is 2.18. The third-order valence-electron chi connectivity index (χ3n) is 3.07. The molecule has 0 radical (unpaired) electrons. The Labute approximate surface area is 141 Å². The molecule has 6 nitrogen and oxygen atoms in total. The van der Waals surface area contributed by atoms with Gasteiger partial charge in [-0.15, -0.1) is 0 Å². The summed E-state index contributed by atoms with van der Waals surface area (Å²) in [6, 6.07) is 4.55. The molecule has 0 bridgehead atoms. The van der Waals surface area contributed by atoms with Gasteiger partial charge in [-0.3, -0.25) is 4.79 Å². The molecule has 1 N–H and O–H groups in total. The first kappa shape index (κ1) is 19.7. The molecule has 0 aliphatic rings. The summed E-state index contributed by atoms with van der Waals surface area (Å²) in [6.45, 7) is 5.74. The molecule has 1 aromatic carbocycles. The number of ether oxygens (including phenoxy) is 2. The van der Waals surface area contributed by atoms with E-state index in [0.29, 0.717) is 5.56 Å². The minimum absolute atomic E-state index is 0.133. The maximum absolute atomic E-state index is 13.6. The van der Waals surface area contributed by atoms with Crippen molar-refractivity contribution < 1.29 is 23.5 Å². The monoisotopic (exact) mass is 340 g/mol. The van der Waals surface area contributed by atoms with Gasteiger partial charge in [-0.25, -0.2) is 9.18 Å². The van der Waals surface area contributed by atoms with E-state index in [0.717, 1.165) is 0 Å². The van der Waals surface area contributed by atoms with Crippen LogP contribution in [-0.4, -0.2) is 43.2 Å². The summed E-state index contributed by atoms with van der Waals surface area (Å²) in [5, 5.41) is 2.53. The van der Waals surface area contributed by atoms with E-state index in [4.69, 9.17) is 9.47 Å². The van der Waals surface area contributed by atoms with Crippen LogP contribution in [0.15, 0.2) is 18.2 Å². The molecule has 1 aromatic rings. The molecule has 0 atom stereocenters. The number of carbonyl (C=O) groups is 2. The van der Waals surface area contributed by atoms with Crippen molar-refractivity contribution in [1.29, 1.82) is 0 Å². The number of hydrogen-bond acceptors (Lipinski definition) is 4. The lowest BCUT2D eigenvalue weighted by Crippen LogP contribution is -2.35. The Morgan fingerprint density at radius 2 is 1.96 bits per heavy atom. The minimum Gasteiger partial charge on any atom is -0.494 e. The number of methoxy groups -OCH3 is 1. The van der Waals surface area contributed by atoms with Gasteiger partial charge in [0.05, 0.1) is 7.11 Å². The van der Waals surface area contributed by atoms with Crippen LogP contribution in [0.4, 0.5) is 9.18 Å². The van der Waals surface area contributed by atoms with Crippen LogP contribution in [0.3, 0.4) is 0 Å². The average Bonchev–Trinajstić information content (AvgIpc) is 2.45. The predicted molar refractivity (Wildman–Crippen MR) is 88.3 cm³/mol. The summed E-state index contributed by atoms with van der Waals surface area (Å²) < 4.78 is 23.6. The Hall–Kier alpha value is -2.31. The van der Waals surface area contributed by atoms with E-state index >= 15 is 0 Å². The Bertz CT molecular complexity index is 584. The van der Waals surface area contributed by atoms with Crippen LogP contribution < -0.4 is 10.1 Å². The van der Waals surface area contributed by atoms with Crippen LogP contribution in [0.25, 0.3) is 0 Å². The molecular formula is C17H25FN2O4. The van der Waals surface area contributed by atoms with Gasteiger partial charge in [-0.2, -0.15) is 0 Å². The second kappa shape index (κ2) is 8.52. The van der Waals surface area contributed by atoms with Crippen molar-refractivity contribution in [3.05, 3.63) is 29.6 Å². The van der Waals surface area contributed by atoms with Crippen molar-refractivity contribution in [3.8, 4) is 5.75 Å². The fourth-order valence-corrected chi connectivity index (χ4v) is 1.95. The first-order valence-corrected chi connectivity index (χ1v) is 7.65. The number of benzene rings is 1. The summed E-state index contributed by atoms with van der Waals surface area (Å²) in [7, 11) is 3.02. The number of halogens is 1. The van der Waals surface area contributed by atoms with Crippen molar-refractivity contribution >= 4 is 12.0 Å². The molecule has 0 spiro atoms. The first-order valence-electron chi connectivity index (χ1n) is 7.65. The average molecular weight is 340 g/mol. The van der Waals surface area contributed by atoms with Crippen LogP contribution >= 0.6 is 0 Å². The van der Waals surface area contributed by atoms with E-state index in [1.807, 2.05) is 0 Å². The molecule has 0 unspecified atom stereocenters. The molecule has 0 saturated carbocycles. The lowest BCUT2D eigenvalue weighted by Gasteiger charge is -2.20. The van der Waals surface area contributed by atoms with Gasteiger partial charge in [0.2, 0.25) is 5.91 Å². The second-order valence-electron chi connectivity index (χ2n) is 6.40. The van der Waals surface area contributed by atoms with Crippen molar-refractivity contribution in [2.24, 2.45) is 0 Å². The maximum Gasteiger partial charge on any atom is 0.407 e. The van der Waals surface area contributed by atoms with Crippen molar-refractivity contribution in [1.82, 2.24) is 10.2 Å². The third kappa shape index (κ3) is 6.85. The lowest BCUT2D eigenvalue weighted by molar-refractivity contribution is -0.130. The van der Waals surface area contributed by atoms with Gasteiger partial charge in [0.1, 0.15) is 5.60 Å². The standard InChI is InChI=1S/C17H25FN2O4/c1-17(2,3)24-16(22)19-9-8-15(21)20(4)11-12-6-7-14(23-5)13(18)10-12/h6-7,10H,8-9,11H2,1-5H3,(H,19,22). The highest BCUT2D eigenvalue weighted by Gasteiger charge is 2.16. The summed E-state index contributed by atoms with van der Waals surface area (Å²) in [4.78, 5) is 25.0. The van der Waals surface area contributed by atoms with Crippen molar-refractivity contribution in [3.63, 3.8) is 0 Å². The molecule has 0 aromatic heterocycles. The minimum atomic E-state index is -0.580. The fraction of sp³-hybridized carbons (Fsp3) is 0.529. The molecule has 0 aliphatic heterocycles. The molecule has 1 rings (SSSR count). The Kier molecular flexibility index (Phi) is 7.00. The van der Waals surface area contributed by atoms with E-state index < -0.39 is 17.5 Å². The lowest BCUT2D eigenvalue weighted by atomic mass is 10.2. The molecule has 24 heavy (non-hydrogen) atoms. The number of amides is 2. The zero-order valence-corrected chi connectivity index (χ0v) is 14.8. The van der Waals surface area contributed by atoms with E-state index in [1.165, 1.54) is 24.1 Å². The van der Waals surface area contributed by atoms with Crippen LogP contribution in [0.5, 0.6) is 5.75 Å². The molecular weight excluding hydrogens is 315 g/mol. The summed E-state index contributed by atoms with van der Waals surface area (Å²) in [5.41, 5.74) is 0.0767. The van der Waals surface area contributed by atoms with E-state index in [1.54, 1.807) is 33.9 Å². The zero-order chi connectivity index (χ0) is 18.3. The number of alkyl carbamates (subject to hydrolysis) is 1. The molecule has 0 aliphatic carbocycles. The molecule has 2 amide bonds. The fourth-order valence-electron chi connectivity index (χ4n) is 1.95. The summed E-state index contributed by atoms with van der Waals surface area (Å²) in [5.74, 6) is -0.473. The van der Waals surface area contributed by atoms with Crippen molar-refractivity contribution in [2.45, 2.75) is 39.3 Å². The SMILES string of the molecule is COc1ccc(CN(C)C(=O)CCNC(=O)OC(C)(C)C)cc1F. The number of rotatable bonds is 6. The molecule has 7 heteroatoms. The first-order chi connectivity index (χ1) is 11.1. The van der Waals surface area contributed by atoms with Gasteiger partial charge in [-0.05, 0) is 38.5 Å². The van der Waals surface area contributed by atoms with E-state index in [-0.39, 0.29) is 31.2 Å². The van der Waals surface area contributed by atoms with Gasteiger partial charge in [-0.1, -0.05) is 6.07 Å². The number of hydrogen-bond donors (Lipinski definition) is 1. The van der Waals surface area contributed by atoms with Crippen LogP contribution in [-0.2, 0) is 16.1 Å². The van der Waals surface area contributed by atoms with Crippen LogP contribution in [0.1, 0.15) is 32.8 Å². The highest BCUT2D eigenvalue weighted by atomic mass is 19.1. The molecule has 0 saturated heterocycles. The molecule has 0 fully saturated rings. The Morgan fingerprint density at radius 3 is 2.50 bits per heavy atom. The zero-order valence-electron chi connectivity index (χ0n) is 14.8. The maximum atomic E-state index is 13.6. The van der Waals surface area contributed by atoms with Crippen LogP contribution in [0.2, 0.25) is 0 Å². The Balaban J connectivity index is 2.42. The topological polar surface area (TPSA) is 67.9 Å². The van der Waals surface area contributed by atoms with Crippen molar-refractivity contribution in [2.75, 3.05) is 20.7 Å². The third-order valence-corrected chi connectivity index (χ3v) is 3.07. The predicted octanol–water partition coefficient (Wildman–Crippen LogP) is 2.71. The van der Waals surface area contributed by atoms with Gasteiger partial charge >= 0.3 is 6.09 Å². The van der Waals surface area contributed by atoms with E-state index in [2.05, 4.69) is 5.32 Å². The quantitative estimate of drug-likeness (QED) is 0.864. The number of carbonyl (C=O) groups excluding carboxylic acids is 2. The van der Waals surface area contributed by atoms with Gasteiger partial charge < -0.3 is 19.7 Å². The molecule has 134 valence electrons. The van der Waals surface area contributed by atoms with Crippen LogP contribution in [0, 0.1) is 5.82 Å². The number of nitrogens with zero attached hydrogens (tertiary/aromatic N) is 1. The summed E-state index contributed by atoms with van der Waals surface area (Å²) >= 11 is 0. The van der Waals surface area contributed by atoms with Gasteiger partial charge in [0, 0.05) is 26.6 Å². The summed E-state index contributed by atoms with van der Waals surface area (Å²) in [6.07, 6.45) is -0.427. The largest absolute Gasteiger partial charge is 0.494 e. The molecule has 0 heterocycles. The highest BCUT2D eigenvalue weighted by molar-refractivity contribution is 5.77. The Morgan fingerprint density at radius 1 is 1.29 bits per heavy atom. The number of nitrogens with one attached hydrogen (secondary N) is 1. The second-order valence-corrected chi connectivity index (χ2v) is 6.40. The normalized spacial score (nSPS) is 10.9. The van der Waals surface area contributed by atoms with Gasteiger partial charge in [0.25, 0.3) is 0 Å². The smallest absolute Gasteiger partial charge is 0.407 e. The van der Waals surface area contributed by atoms with Gasteiger partial charge in [0.15, 0.2) is 11.6 Å². The van der Waals surface area contributed by atoms with E-state index in [9.17, 15) is 14.0 Å².